The Morgan fingerprint density at radius 2 is 2.00 bits per heavy atom. The monoisotopic (exact) mass is 272 g/mol. The van der Waals surface area contributed by atoms with E-state index < -0.39 is 0 Å². The predicted octanol–water partition coefficient (Wildman–Crippen LogP) is 1.57. The third-order valence-electron chi connectivity index (χ3n) is 2.96. The predicted molar refractivity (Wildman–Crippen MR) is 75.0 cm³/mol. The fraction of sp³-hybridized carbons (Fsp3) is 0.231. The van der Waals surface area contributed by atoms with E-state index in [4.69, 9.17) is 0 Å². The number of amides is 1. The summed E-state index contributed by atoms with van der Waals surface area (Å²) in [4.78, 5) is 26.0. The number of thiol groups is 1. The Kier molecular flexibility index (Phi) is 3.16. The minimum absolute atomic E-state index is 0.0203. The molecule has 19 heavy (non-hydrogen) atoms. The van der Waals surface area contributed by atoms with Crippen LogP contribution in [0.3, 0.4) is 0 Å². The van der Waals surface area contributed by atoms with Gasteiger partial charge in [-0.05, 0) is 18.2 Å². The molecule has 1 aliphatic heterocycles. The summed E-state index contributed by atoms with van der Waals surface area (Å²) in [5.41, 5.74) is 1.73. The lowest BCUT2D eigenvalue weighted by molar-refractivity contribution is -0.117. The zero-order valence-electron chi connectivity index (χ0n) is 10.1. The largest absolute Gasteiger partial charge is 0.280 e. The average molecular weight is 272 g/mol. The Balaban J connectivity index is 1.95. The highest BCUT2D eigenvalue weighted by molar-refractivity contribution is 7.81. The number of anilines is 1. The minimum atomic E-state index is 0.0203. The number of carbonyl (C=O) groups excluding carboxylic acids is 1. The minimum Gasteiger partial charge on any atom is -0.280 e. The van der Waals surface area contributed by atoms with Crippen LogP contribution in [0.1, 0.15) is 6.42 Å². The van der Waals surface area contributed by atoms with Crippen LogP contribution in [-0.4, -0.2) is 32.7 Å². The van der Waals surface area contributed by atoms with Crippen molar-refractivity contribution in [3.63, 3.8) is 0 Å². The Morgan fingerprint density at radius 3 is 2.68 bits per heavy atom. The number of pyridine rings is 1. The van der Waals surface area contributed by atoms with Gasteiger partial charge in [0.25, 0.3) is 0 Å². The van der Waals surface area contributed by atoms with Crippen LogP contribution >= 0.6 is 12.6 Å². The fourth-order valence-corrected chi connectivity index (χ4v) is 2.36. The van der Waals surface area contributed by atoms with Gasteiger partial charge >= 0.3 is 0 Å². The topological polar surface area (TPSA) is 59.0 Å². The summed E-state index contributed by atoms with van der Waals surface area (Å²) in [7, 11) is 0. The summed E-state index contributed by atoms with van der Waals surface area (Å²) in [6.07, 6.45) is 5.52. The van der Waals surface area contributed by atoms with Gasteiger partial charge in [-0.3, -0.25) is 14.7 Å². The lowest BCUT2D eigenvalue weighted by Crippen LogP contribution is -2.26. The number of carbonyl (C=O) groups is 1. The van der Waals surface area contributed by atoms with Crippen LogP contribution in [0.4, 0.5) is 5.95 Å². The number of rotatable bonds is 2. The van der Waals surface area contributed by atoms with Gasteiger partial charge in [-0.15, -0.1) is 0 Å². The third kappa shape index (κ3) is 2.44. The molecule has 0 radical (unpaired) electrons. The molecule has 0 bridgehead atoms. The maximum Gasteiger partial charge on any atom is 0.232 e. The summed E-state index contributed by atoms with van der Waals surface area (Å²) in [6, 6.07) is 5.57. The molecule has 96 valence electrons. The molecule has 2 aromatic heterocycles. The molecule has 1 saturated heterocycles. The van der Waals surface area contributed by atoms with Crippen molar-refractivity contribution >= 4 is 24.5 Å². The van der Waals surface area contributed by atoms with Gasteiger partial charge in [-0.1, -0.05) is 0 Å². The van der Waals surface area contributed by atoms with E-state index in [1.54, 1.807) is 23.5 Å². The summed E-state index contributed by atoms with van der Waals surface area (Å²) >= 11 is 4.33. The number of hydrogen-bond acceptors (Lipinski definition) is 5. The third-order valence-corrected chi connectivity index (χ3v) is 3.31. The quantitative estimate of drug-likeness (QED) is 0.843. The average Bonchev–Trinajstić information content (AvgIpc) is 2.79. The molecule has 1 aliphatic rings. The van der Waals surface area contributed by atoms with E-state index in [-0.39, 0.29) is 11.2 Å². The van der Waals surface area contributed by atoms with E-state index in [9.17, 15) is 4.79 Å². The highest BCUT2D eigenvalue weighted by atomic mass is 32.1. The van der Waals surface area contributed by atoms with Crippen molar-refractivity contribution in [1.29, 1.82) is 0 Å². The second-order valence-electron chi connectivity index (χ2n) is 4.34. The standard InChI is InChI=1S/C13H12N4OS/c18-12-7-10(19)8-17(12)13-15-6-3-11(16-13)9-1-4-14-5-2-9/h1-6,10,19H,7-8H2. The molecule has 1 fully saturated rings. The van der Waals surface area contributed by atoms with Crippen LogP contribution < -0.4 is 4.90 Å². The zero-order chi connectivity index (χ0) is 13.2. The molecule has 1 unspecified atom stereocenters. The summed E-state index contributed by atoms with van der Waals surface area (Å²) in [5.74, 6) is 0.461. The van der Waals surface area contributed by atoms with E-state index in [1.165, 1.54) is 0 Å². The first-order valence-electron chi connectivity index (χ1n) is 5.96. The summed E-state index contributed by atoms with van der Waals surface area (Å²) < 4.78 is 0. The van der Waals surface area contributed by atoms with Crippen molar-refractivity contribution < 1.29 is 4.79 Å². The molecule has 0 saturated carbocycles. The molecule has 2 aromatic rings. The SMILES string of the molecule is O=C1CC(S)CN1c1nccc(-c2ccncc2)n1. The highest BCUT2D eigenvalue weighted by Gasteiger charge is 2.30. The van der Waals surface area contributed by atoms with Crippen molar-refractivity contribution in [2.24, 2.45) is 0 Å². The highest BCUT2D eigenvalue weighted by Crippen LogP contribution is 2.23. The Morgan fingerprint density at radius 1 is 1.21 bits per heavy atom. The first kappa shape index (κ1) is 12.1. The fourth-order valence-electron chi connectivity index (χ4n) is 2.04. The van der Waals surface area contributed by atoms with Crippen molar-refractivity contribution in [3.8, 4) is 11.3 Å². The van der Waals surface area contributed by atoms with E-state index in [0.29, 0.717) is 18.9 Å². The Hall–Kier alpha value is -1.95. The molecular formula is C13H12N4OS. The van der Waals surface area contributed by atoms with Crippen molar-refractivity contribution in [2.45, 2.75) is 11.7 Å². The van der Waals surface area contributed by atoms with Crippen LogP contribution in [0.15, 0.2) is 36.8 Å². The molecule has 3 heterocycles. The smallest absolute Gasteiger partial charge is 0.232 e. The molecule has 6 heteroatoms. The Labute approximate surface area is 116 Å². The summed E-state index contributed by atoms with van der Waals surface area (Å²) in [6.45, 7) is 0.557. The van der Waals surface area contributed by atoms with Crippen molar-refractivity contribution in [1.82, 2.24) is 15.0 Å². The first-order valence-corrected chi connectivity index (χ1v) is 6.47. The van der Waals surface area contributed by atoms with E-state index in [0.717, 1.165) is 11.3 Å². The number of hydrogen-bond donors (Lipinski definition) is 1. The van der Waals surface area contributed by atoms with Gasteiger partial charge in [-0.25, -0.2) is 9.97 Å². The molecule has 0 aliphatic carbocycles. The molecule has 0 aromatic carbocycles. The van der Waals surface area contributed by atoms with E-state index in [1.807, 2.05) is 18.2 Å². The second-order valence-corrected chi connectivity index (χ2v) is 5.07. The van der Waals surface area contributed by atoms with Gasteiger partial charge < -0.3 is 0 Å². The lowest BCUT2D eigenvalue weighted by Gasteiger charge is -2.14. The van der Waals surface area contributed by atoms with E-state index in [2.05, 4.69) is 27.6 Å². The van der Waals surface area contributed by atoms with Crippen molar-refractivity contribution in [3.05, 3.63) is 36.8 Å². The molecule has 0 spiro atoms. The second kappa shape index (κ2) is 4.97. The van der Waals surface area contributed by atoms with Crippen LogP contribution in [0, 0.1) is 0 Å². The number of aromatic nitrogens is 3. The van der Waals surface area contributed by atoms with Crippen LogP contribution in [0.25, 0.3) is 11.3 Å². The maximum absolute atomic E-state index is 11.8. The molecule has 0 N–H and O–H groups in total. The van der Waals surface area contributed by atoms with Gasteiger partial charge in [0.1, 0.15) is 0 Å². The normalized spacial score (nSPS) is 18.9. The Bertz CT molecular complexity index is 605. The van der Waals surface area contributed by atoms with Crippen LogP contribution in [-0.2, 0) is 4.79 Å². The lowest BCUT2D eigenvalue weighted by atomic mass is 10.2. The maximum atomic E-state index is 11.8. The van der Waals surface area contributed by atoms with Crippen LogP contribution in [0.5, 0.6) is 0 Å². The number of nitrogens with zero attached hydrogens (tertiary/aromatic N) is 4. The van der Waals surface area contributed by atoms with Gasteiger partial charge in [0.05, 0.1) is 5.69 Å². The van der Waals surface area contributed by atoms with Crippen LogP contribution in [0.2, 0.25) is 0 Å². The van der Waals surface area contributed by atoms with Gasteiger partial charge in [-0.2, -0.15) is 12.6 Å². The summed E-state index contributed by atoms with van der Waals surface area (Å²) in [5, 5.41) is 0.0562. The van der Waals surface area contributed by atoms with Gasteiger partial charge in [0.2, 0.25) is 11.9 Å². The van der Waals surface area contributed by atoms with Gasteiger partial charge in [0, 0.05) is 42.4 Å². The molecule has 3 rings (SSSR count). The molecular weight excluding hydrogens is 260 g/mol. The molecule has 1 atom stereocenters. The van der Waals surface area contributed by atoms with Gasteiger partial charge in [0.15, 0.2) is 0 Å². The zero-order valence-corrected chi connectivity index (χ0v) is 11.0. The molecule has 1 amide bonds. The first-order chi connectivity index (χ1) is 9.24. The molecule has 5 nitrogen and oxygen atoms in total. The van der Waals surface area contributed by atoms with Crippen molar-refractivity contribution in [2.75, 3.05) is 11.4 Å². The van der Waals surface area contributed by atoms with E-state index >= 15 is 0 Å².